The predicted molar refractivity (Wildman–Crippen MR) is 63.7 cm³/mol. The molecule has 5 heteroatoms. The van der Waals surface area contributed by atoms with E-state index in [1.807, 2.05) is 0 Å². The van der Waals surface area contributed by atoms with Gasteiger partial charge in [-0.05, 0) is 37.2 Å². The van der Waals surface area contributed by atoms with E-state index in [2.05, 4.69) is 26.6 Å². The van der Waals surface area contributed by atoms with Crippen molar-refractivity contribution in [2.75, 3.05) is 18.4 Å². The van der Waals surface area contributed by atoms with Gasteiger partial charge >= 0.3 is 0 Å². The average Bonchev–Trinajstić information content (AvgIpc) is 2.18. The lowest BCUT2D eigenvalue weighted by molar-refractivity contribution is -0.117. The van der Waals surface area contributed by atoms with Gasteiger partial charge in [0.2, 0.25) is 5.91 Å². The SMILES string of the molecule is O=C(CC1CNC1)Nc1cc(Br)ccc1F. The van der Waals surface area contributed by atoms with Gasteiger partial charge in [0.15, 0.2) is 0 Å². The molecular weight excluding hydrogens is 275 g/mol. The Labute approximate surface area is 102 Å². The van der Waals surface area contributed by atoms with Gasteiger partial charge in [0, 0.05) is 10.9 Å². The zero-order chi connectivity index (χ0) is 11.5. The molecule has 0 spiro atoms. The Balaban J connectivity index is 1.96. The molecule has 0 aliphatic carbocycles. The van der Waals surface area contributed by atoms with E-state index in [-0.39, 0.29) is 11.6 Å². The molecule has 2 rings (SSSR count). The maximum absolute atomic E-state index is 13.3. The van der Waals surface area contributed by atoms with Crippen molar-refractivity contribution in [1.29, 1.82) is 0 Å². The molecule has 0 radical (unpaired) electrons. The van der Waals surface area contributed by atoms with E-state index in [1.54, 1.807) is 12.1 Å². The quantitative estimate of drug-likeness (QED) is 0.894. The van der Waals surface area contributed by atoms with Gasteiger partial charge < -0.3 is 10.6 Å². The van der Waals surface area contributed by atoms with Gasteiger partial charge in [0.25, 0.3) is 0 Å². The Morgan fingerprint density at radius 1 is 1.56 bits per heavy atom. The van der Waals surface area contributed by atoms with Crippen LogP contribution in [0.3, 0.4) is 0 Å². The second-order valence-electron chi connectivity index (χ2n) is 3.90. The van der Waals surface area contributed by atoms with Crippen LogP contribution in [0.2, 0.25) is 0 Å². The lowest BCUT2D eigenvalue weighted by Crippen LogP contribution is -2.43. The fraction of sp³-hybridized carbons (Fsp3) is 0.364. The lowest BCUT2D eigenvalue weighted by atomic mass is 9.99. The topological polar surface area (TPSA) is 41.1 Å². The van der Waals surface area contributed by atoms with Crippen molar-refractivity contribution in [3.8, 4) is 0 Å². The third kappa shape index (κ3) is 2.80. The summed E-state index contributed by atoms with van der Waals surface area (Å²) >= 11 is 3.23. The third-order valence-electron chi connectivity index (χ3n) is 2.54. The fourth-order valence-corrected chi connectivity index (χ4v) is 1.91. The fourth-order valence-electron chi connectivity index (χ4n) is 1.55. The summed E-state index contributed by atoms with van der Waals surface area (Å²) in [5.74, 6) is -0.165. The lowest BCUT2D eigenvalue weighted by Gasteiger charge is -2.26. The van der Waals surface area contributed by atoms with E-state index in [0.717, 1.165) is 17.6 Å². The first-order chi connectivity index (χ1) is 7.65. The van der Waals surface area contributed by atoms with Crippen LogP contribution in [0, 0.1) is 11.7 Å². The van der Waals surface area contributed by atoms with Crippen LogP contribution in [0.15, 0.2) is 22.7 Å². The van der Waals surface area contributed by atoms with Crippen LogP contribution in [-0.2, 0) is 4.79 Å². The molecule has 1 aromatic carbocycles. The molecule has 2 N–H and O–H groups in total. The van der Waals surface area contributed by atoms with Crippen molar-refractivity contribution >= 4 is 27.5 Å². The molecule has 0 bridgehead atoms. The van der Waals surface area contributed by atoms with Gasteiger partial charge in [-0.1, -0.05) is 15.9 Å². The molecule has 1 heterocycles. The van der Waals surface area contributed by atoms with E-state index < -0.39 is 5.82 Å². The second kappa shape index (κ2) is 4.93. The van der Waals surface area contributed by atoms with Crippen molar-refractivity contribution in [3.05, 3.63) is 28.5 Å². The van der Waals surface area contributed by atoms with Crippen molar-refractivity contribution in [3.63, 3.8) is 0 Å². The van der Waals surface area contributed by atoms with Gasteiger partial charge in [-0.15, -0.1) is 0 Å². The van der Waals surface area contributed by atoms with Gasteiger partial charge in [-0.2, -0.15) is 0 Å². The van der Waals surface area contributed by atoms with Crippen LogP contribution in [-0.4, -0.2) is 19.0 Å². The van der Waals surface area contributed by atoms with Crippen LogP contribution in [0.4, 0.5) is 10.1 Å². The summed E-state index contributed by atoms with van der Waals surface area (Å²) < 4.78 is 14.1. The van der Waals surface area contributed by atoms with Crippen LogP contribution >= 0.6 is 15.9 Å². The molecule has 1 aliphatic heterocycles. The van der Waals surface area contributed by atoms with Gasteiger partial charge in [0.05, 0.1) is 5.69 Å². The Hall–Kier alpha value is -0.940. The number of halogens is 2. The summed E-state index contributed by atoms with van der Waals surface area (Å²) in [7, 11) is 0. The Bertz CT molecular complexity index is 407. The smallest absolute Gasteiger partial charge is 0.224 e. The van der Waals surface area contributed by atoms with E-state index in [9.17, 15) is 9.18 Å². The summed E-state index contributed by atoms with van der Waals surface area (Å²) in [4.78, 5) is 11.6. The second-order valence-corrected chi connectivity index (χ2v) is 4.82. The monoisotopic (exact) mass is 286 g/mol. The Morgan fingerprint density at radius 2 is 2.31 bits per heavy atom. The average molecular weight is 287 g/mol. The molecule has 0 saturated carbocycles. The number of benzene rings is 1. The molecule has 1 amide bonds. The predicted octanol–water partition coefficient (Wildman–Crippen LogP) is 2.14. The normalized spacial score (nSPS) is 15.6. The first-order valence-electron chi connectivity index (χ1n) is 5.11. The molecule has 86 valence electrons. The van der Waals surface area contributed by atoms with Crippen LogP contribution in [0.5, 0.6) is 0 Å². The minimum Gasteiger partial charge on any atom is -0.324 e. The highest BCUT2D eigenvalue weighted by atomic mass is 79.9. The molecule has 1 fully saturated rings. The molecule has 1 aliphatic rings. The Kier molecular flexibility index (Phi) is 3.56. The molecule has 0 atom stereocenters. The molecule has 0 unspecified atom stereocenters. The van der Waals surface area contributed by atoms with Crippen molar-refractivity contribution < 1.29 is 9.18 Å². The first-order valence-corrected chi connectivity index (χ1v) is 5.90. The summed E-state index contributed by atoms with van der Waals surface area (Å²) in [6.07, 6.45) is 0.443. The van der Waals surface area contributed by atoms with Crippen LogP contribution in [0.25, 0.3) is 0 Å². The highest BCUT2D eigenvalue weighted by Crippen LogP contribution is 2.20. The summed E-state index contributed by atoms with van der Waals surface area (Å²) in [5, 5.41) is 5.67. The molecule has 0 aromatic heterocycles. The standard InChI is InChI=1S/C11H12BrFN2O/c12-8-1-2-9(13)10(4-8)15-11(16)3-7-5-14-6-7/h1-2,4,7,14H,3,5-6H2,(H,15,16). The zero-order valence-corrected chi connectivity index (χ0v) is 10.2. The van der Waals surface area contributed by atoms with Gasteiger partial charge in [0.1, 0.15) is 5.82 Å². The summed E-state index contributed by atoms with van der Waals surface area (Å²) in [6, 6.07) is 4.48. The highest BCUT2D eigenvalue weighted by molar-refractivity contribution is 9.10. The first kappa shape index (κ1) is 11.5. The van der Waals surface area contributed by atoms with Crippen molar-refractivity contribution in [2.24, 2.45) is 5.92 Å². The summed E-state index contributed by atoms with van der Waals surface area (Å²) in [6.45, 7) is 1.74. The number of rotatable bonds is 3. The number of amides is 1. The van der Waals surface area contributed by atoms with E-state index in [0.29, 0.717) is 12.3 Å². The number of anilines is 1. The minimum absolute atomic E-state index is 0.136. The maximum atomic E-state index is 13.3. The van der Waals surface area contributed by atoms with E-state index in [1.165, 1.54) is 6.07 Å². The molecule has 16 heavy (non-hydrogen) atoms. The number of carbonyl (C=O) groups is 1. The minimum atomic E-state index is -0.414. The number of hydrogen-bond acceptors (Lipinski definition) is 2. The largest absolute Gasteiger partial charge is 0.324 e. The highest BCUT2D eigenvalue weighted by Gasteiger charge is 2.20. The van der Waals surface area contributed by atoms with Gasteiger partial charge in [-0.3, -0.25) is 4.79 Å². The van der Waals surface area contributed by atoms with Crippen LogP contribution in [0.1, 0.15) is 6.42 Å². The number of carbonyl (C=O) groups excluding carboxylic acids is 1. The van der Waals surface area contributed by atoms with Crippen molar-refractivity contribution in [1.82, 2.24) is 5.32 Å². The molecule has 1 saturated heterocycles. The van der Waals surface area contributed by atoms with E-state index in [4.69, 9.17) is 0 Å². The summed E-state index contributed by atoms with van der Waals surface area (Å²) in [5.41, 5.74) is 0.228. The van der Waals surface area contributed by atoms with Crippen molar-refractivity contribution in [2.45, 2.75) is 6.42 Å². The number of nitrogens with one attached hydrogen (secondary N) is 2. The number of hydrogen-bond donors (Lipinski definition) is 2. The molecule has 1 aromatic rings. The Morgan fingerprint density at radius 3 is 2.94 bits per heavy atom. The third-order valence-corrected chi connectivity index (χ3v) is 3.04. The molecular formula is C11H12BrFN2O. The molecule has 3 nitrogen and oxygen atoms in total. The van der Waals surface area contributed by atoms with E-state index >= 15 is 0 Å². The zero-order valence-electron chi connectivity index (χ0n) is 8.59. The maximum Gasteiger partial charge on any atom is 0.224 e. The van der Waals surface area contributed by atoms with Gasteiger partial charge in [-0.25, -0.2) is 4.39 Å². The van der Waals surface area contributed by atoms with Crippen LogP contribution < -0.4 is 10.6 Å².